The zero-order valence-corrected chi connectivity index (χ0v) is 22.5. The third-order valence-electron chi connectivity index (χ3n) is 6.53. The van der Waals surface area contributed by atoms with E-state index in [-0.39, 0.29) is 23.8 Å². The molecule has 0 spiro atoms. The van der Waals surface area contributed by atoms with E-state index in [4.69, 9.17) is 14.2 Å². The number of para-hydroxylation sites is 1. The fraction of sp³-hybridized carbons (Fsp3) is 0.200. The highest BCUT2D eigenvalue weighted by Crippen LogP contribution is 2.32. The standard InChI is InChI=1S/C30H26N2O6S/c1-5-14-37-29(35)25-17(2)31-30-32(26(25)19-10-12-20(13-11-19)28(34)36-4)27(33)24(39-30)16-22-15-21-8-6-7-9-23(21)38-18(22)3/h5-13,15-16,18,26H,1,14H2,2-4H3. The maximum absolute atomic E-state index is 13.9. The van der Waals surface area contributed by atoms with Gasteiger partial charge in [0.05, 0.1) is 34.5 Å². The molecule has 0 amide bonds. The summed E-state index contributed by atoms with van der Waals surface area (Å²) in [6, 6.07) is 13.5. The lowest BCUT2D eigenvalue weighted by Gasteiger charge is -2.24. The molecule has 198 valence electrons. The van der Waals surface area contributed by atoms with Crippen molar-refractivity contribution >= 4 is 35.4 Å². The molecule has 0 bridgehead atoms. The molecular formula is C30H26N2O6S. The van der Waals surface area contributed by atoms with E-state index in [1.165, 1.54) is 29.1 Å². The highest BCUT2D eigenvalue weighted by Gasteiger charge is 2.33. The number of nitrogens with zero attached hydrogens (tertiary/aromatic N) is 2. The van der Waals surface area contributed by atoms with Crippen LogP contribution in [-0.4, -0.2) is 36.3 Å². The number of allylic oxidation sites excluding steroid dienone is 1. The van der Waals surface area contributed by atoms with Crippen LogP contribution in [0.1, 0.15) is 41.4 Å². The van der Waals surface area contributed by atoms with Gasteiger partial charge in [0.15, 0.2) is 4.80 Å². The van der Waals surface area contributed by atoms with Crippen LogP contribution < -0.4 is 19.6 Å². The van der Waals surface area contributed by atoms with Crippen LogP contribution in [0, 0.1) is 0 Å². The van der Waals surface area contributed by atoms with E-state index in [1.807, 2.05) is 43.3 Å². The summed E-state index contributed by atoms with van der Waals surface area (Å²) in [7, 11) is 1.31. The van der Waals surface area contributed by atoms with Gasteiger partial charge in [0, 0.05) is 5.56 Å². The van der Waals surface area contributed by atoms with E-state index >= 15 is 0 Å². The SMILES string of the molecule is C=CCOC(=O)C1=C(C)N=c2sc(=CC3=Cc4ccccc4OC3C)c(=O)n2C1c1ccc(C(=O)OC)cc1. The molecule has 1 aromatic heterocycles. The molecule has 2 unspecified atom stereocenters. The van der Waals surface area contributed by atoms with E-state index in [9.17, 15) is 14.4 Å². The molecule has 2 aliphatic heterocycles. The van der Waals surface area contributed by atoms with Crippen LogP contribution in [0.5, 0.6) is 5.75 Å². The number of hydrogen-bond donors (Lipinski definition) is 0. The molecule has 0 saturated carbocycles. The topological polar surface area (TPSA) is 96.2 Å². The number of thiazole rings is 1. The highest BCUT2D eigenvalue weighted by atomic mass is 32.1. The molecule has 0 N–H and O–H groups in total. The van der Waals surface area contributed by atoms with Gasteiger partial charge >= 0.3 is 11.9 Å². The van der Waals surface area contributed by atoms with Gasteiger partial charge in [-0.05, 0) is 55.3 Å². The van der Waals surface area contributed by atoms with Gasteiger partial charge in [-0.25, -0.2) is 14.6 Å². The second-order valence-electron chi connectivity index (χ2n) is 9.02. The van der Waals surface area contributed by atoms with Crippen LogP contribution in [0.4, 0.5) is 0 Å². The molecule has 9 heteroatoms. The third kappa shape index (κ3) is 4.88. The predicted octanol–water partition coefficient (Wildman–Crippen LogP) is 3.57. The van der Waals surface area contributed by atoms with Crippen molar-refractivity contribution in [1.29, 1.82) is 0 Å². The van der Waals surface area contributed by atoms with Gasteiger partial charge in [-0.2, -0.15) is 0 Å². The zero-order valence-electron chi connectivity index (χ0n) is 21.7. The van der Waals surface area contributed by atoms with Crippen molar-refractivity contribution in [2.24, 2.45) is 4.99 Å². The molecule has 0 saturated heterocycles. The summed E-state index contributed by atoms with van der Waals surface area (Å²) >= 11 is 1.24. The summed E-state index contributed by atoms with van der Waals surface area (Å²) < 4.78 is 18.2. The number of benzene rings is 2. The number of carbonyl (C=O) groups is 2. The number of methoxy groups -OCH3 is 1. The molecule has 5 rings (SSSR count). The quantitative estimate of drug-likeness (QED) is 0.349. The Labute approximate surface area is 228 Å². The van der Waals surface area contributed by atoms with Gasteiger partial charge in [-0.3, -0.25) is 9.36 Å². The van der Waals surface area contributed by atoms with Gasteiger partial charge < -0.3 is 14.2 Å². The van der Waals surface area contributed by atoms with E-state index < -0.39 is 18.0 Å². The van der Waals surface area contributed by atoms with Crippen LogP contribution in [0.3, 0.4) is 0 Å². The van der Waals surface area contributed by atoms with Crippen molar-refractivity contribution in [3.63, 3.8) is 0 Å². The van der Waals surface area contributed by atoms with Crippen LogP contribution in [0.25, 0.3) is 12.2 Å². The molecule has 3 heterocycles. The lowest BCUT2D eigenvalue weighted by Crippen LogP contribution is -2.40. The summed E-state index contributed by atoms with van der Waals surface area (Å²) in [5.74, 6) is -0.292. The van der Waals surface area contributed by atoms with Gasteiger partial charge in [0.2, 0.25) is 0 Å². The Bertz CT molecular complexity index is 1730. The number of rotatable bonds is 6. The molecule has 2 atom stereocenters. The summed E-state index contributed by atoms with van der Waals surface area (Å²) in [5.41, 5.74) is 3.14. The molecule has 8 nitrogen and oxygen atoms in total. The van der Waals surface area contributed by atoms with Crippen molar-refractivity contribution in [3.05, 3.63) is 114 Å². The molecule has 0 aliphatic carbocycles. The summed E-state index contributed by atoms with van der Waals surface area (Å²) in [4.78, 5) is 44.1. The fourth-order valence-electron chi connectivity index (χ4n) is 4.60. The number of hydrogen-bond acceptors (Lipinski definition) is 8. The Balaban J connectivity index is 1.66. The van der Waals surface area contributed by atoms with E-state index in [2.05, 4.69) is 11.6 Å². The molecule has 2 aromatic carbocycles. The van der Waals surface area contributed by atoms with Crippen molar-refractivity contribution in [2.45, 2.75) is 26.0 Å². The Kier molecular flexibility index (Phi) is 7.17. The average molecular weight is 543 g/mol. The van der Waals surface area contributed by atoms with Gasteiger partial charge in [0.1, 0.15) is 18.5 Å². The summed E-state index contributed by atoms with van der Waals surface area (Å²) in [5, 5.41) is 0. The van der Waals surface area contributed by atoms with Crippen LogP contribution in [0.2, 0.25) is 0 Å². The lowest BCUT2D eigenvalue weighted by molar-refractivity contribution is -0.138. The largest absolute Gasteiger partial charge is 0.485 e. The zero-order chi connectivity index (χ0) is 27.7. The maximum Gasteiger partial charge on any atom is 0.338 e. The molecule has 39 heavy (non-hydrogen) atoms. The first kappa shape index (κ1) is 26.1. The molecule has 2 aliphatic rings. The molecule has 0 fully saturated rings. The molecular weight excluding hydrogens is 516 g/mol. The van der Waals surface area contributed by atoms with Crippen molar-refractivity contribution < 1.29 is 23.8 Å². The Morgan fingerprint density at radius 1 is 1.15 bits per heavy atom. The normalized spacial score (nSPS) is 18.2. The smallest absolute Gasteiger partial charge is 0.338 e. The number of ether oxygens (including phenoxy) is 3. The van der Waals surface area contributed by atoms with Gasteiger partial charge in [-0.15, -0.1) is 0 Å². The van der Waals surface area contributed by atoms with E-state index in [0.29, 0.717) is 26.2 Å². The Hall–Kier alpha value is -4.50. The first-order valence-corrected chi connectivity index (χ1v) is 13.1. The second-order valence-corrected chi connectivity index (χ2v) is 10.0. The van der Waals surface area contributed by atoms with Gasteiger partial charge in [-0.1, -0.05) is 54.3 Å². The summed E-state index contributed by atoms with van der Waals surface area (Å²) in [6.45, 7) is 7.26. The Morgan fingerprint density at radius 2 is 1.90 bits per heavy atom. The van der Waals surface area contributed by atoms with Crippen LogP contribution in [-0.2, 0) is 14.3 Å². The monoisotopic (exact) mass is 542 g/mol. The van der Waals surface area contributed by atoms with E-state index in [1.54, 1.807) is 31.2 Å². The minimum atomic E-state index is -0.804. The van der Waals surface area contributed by atoms with Gasteiger partial charge in [0.25, 0.3) is 5.56 Å². The first-order chi connectivity index (χ1) is 18.8. The van der Waals surface area contributed by atoms with E-state index in [0.717, 1.165) is 16.9 Å². The summed E-state index contributed by atoms with van der Waals surface area (Å²) in [6.07, 6.45) is 5.04. The number of carbonyl (C=O) groups excluding carboxylic acids is 2. The number of fused-ring (bicyclic) bond motifs is 2. The number of esters is 2. The maximum atomic E-state index is 13.9. The highest BCUT2D eigenvalue weighted by molar-refractivity contribution is 7.07. The fourth-order valence-corrected chi connectivity index (χ4v) is 5.65. The molecule has 0 radical (unpaired) electrons. The third-order valence-corrected chi connectivity index (χ3v) is 7.52. The predicted molar refractivity (Wildman–Crippen MR) is 148 cm³/mol. The van der Waals surface area contributed by atoms with Crippen molar-refractivity contribution in [3.8, 4) is 5.75 Å². The first-order valence-electron chi connectivity index (χ1n) is 12.3. The second kappa shape index (κ2) is 10.7. The van der Waals surface area contributed by atoms with Crippen LogP contribution >= 0.6 is 11.3 Å². The minimum Gasteiger partial charge on any atom is -0.485 e. The van der Waals surface area contributed by atoms with Crippen LogP contribution in [0.15, 0.2) is 87.8 Å². The van der Waals surface area contributed by atoms with Crippen molar-refractivity contribution in [2.75, 3.05) is 13.7 Å². The van der Waals surface area contributed by atoms with Crippen molar-refractivity contribution in [1.82, 2.24) is 4.57 Å². The lowest BCUT2D eigenvalue weighted by atomic mass is 9.95. The Morgan fingerprint density at radius 3 is 2.62 bits per heavy atom. The number of aromatic nitrogens is 1. The average Bonchev–Trinajstić information content (AvgIpc) is 3.24. The minimum absolute atomic E-state index is 0.0154. The molecule has 3 aromatic rings.